The number of carbonyl (C=O) groups is 1. The Morgan fingerprint density at radius 2 is 2.32 bits per heavy atom. The van der Waals surface area contributed by atoms with Gasteiger partial charge in [-0.3, -0.25) is 4.79 Å². The average molecular weight is 266 g/mol. The van der Waals surface area contributed by atoms with E-state index in [1.54, 1.807) is 18.0 Å². The van der Waals surface area contributed by atoms with Gasteiger partial charge in [-0.2, -0.15) is 0 Å². The van der Waals surface area contributed by atoms with Crippen LogP contribution in [0.2, 0.25) is 0 Å². The van der Waals surface area contributed by atoms with Crippen LogP contribution in [0.4, 0.5) is 0 Å². The van der Waals surface area contributed by atoms with Crippen LogP contribution in [0.15, 0.2) is 10.6 Å². The van der Waals surface area contributed by atoms with Crippen LogP contribution in [0.1, 0.15) is 55.3 Å². The molecule has 0 radical (unpaired) electrons. The van der Waals surface area contributed by atoms with Crippen molar-refractivity contribution in [2.45, 2.75) is 45.1 Å². The molecule has 19 heavy (non-hydrogen) atoms. The molecule has 1 saturated heterocycles. The molecular weight excluding hydrogens is 244 g/mol. The number of hydrogen-bond acceptors (Lipinski definition) is 4. The Labute approximate surface area is 113 Å². The quantitative estimate of drug-likeness (QED) is 0.840. The van der Waals surface area contributed by atoms with E-state index in [0.717, 1.165) is 25.2 Å². The molecule has 1 amide bonds. The summed E-state index contributed by atoms with van der Waals surface area (Å²) in [5.74, 6) is 0.872. The van der Waals surface area contributed by atoms with Gasteiger partial charge in [-0.15, -0.1) is 0 Å². The fourth-order valence-corrected chi connectivity index (χ4v) is 2.20. The van der Waals surface area contributed by atoms with Crippen molar-refractivity contribution in [3.63, 3.8) is 0 Å². The first-order valence-electron chi connectivity index (χ1n) is 6.91. The first-order valence-corrected chi connectivity index (χ1v) is 6.91. The minimum Gasteiger partial charge on any atom is -0.376 e. The summed E-state index contributed by atoms with van der Waals surface area (Å²) in [5.41, 5.74) is 0.377. The zero-order valence-corrected chi connectivity index (χ0v) is 11.9. The van der Waals surface area contributed by atoms with Gasteiger partial charge in [0.15, 0.2) is 5.69 Å². The molecule has 2 rings (SSSR count). The SMILES string of the molecule is CC(C)c1cc(C(=O)N(C)CC2CCCCO2)no1. The second-order valence-corrected chi connectivity index (χ2v) is 5.44. The van der Waals surface area contributed by atoms with Crippen molar-refractivity contribution < 1.29 is 14.1 Å². The predicted octanol–water partition coefficient (Wildman–Crippen LogP) is 2.44. The molecule has 0 N–H and O–H groups in total. The Balaban J connectivity index is 1.93. The number of aromatic nitrogens is 1. The summed E-state index contributed by atoms with van der Waals surface area (Å²) in [4.78, 5) is 13.9. The van der Waals surface area contributed by atoms with Crippen molar-refractivity contribution in [3.05, 3.63) is 17.5 Å². The van der Waals surface area contributed by atoms with Crippen molar-refractivity contribution in [2.24, 2.45) is 0 Å². The molecule has 0 spiro atoms. The van der Waals surface area contributed by atoms with Crippen molar-refractivity contribution in [2.75, 3.05) is 20.2 Å². The highest BCUT2D eigenvalue weighted by molar-refractivity contribution is 5.92. The number of nitrogens with zero attached hydrogens (tertiary/aromatic N) is 2. The van der Waals surface area contributed by atoms with E-state index in [9.17, 15) is 4.79 Å². The second kappa shape index (κ2) is 6.19. The van der Waals surface area contributed by atoms with Gasteiger partial charge >= 0.3 is 0 Å². The van der Waals surface area contributed by atoms with Crippen LogP contribution in [0.5, 0.6) is 0 Å². The van der Waals surface area contributed by atoms with E-state index in [1.165, 1.54) is 6.42 Å². The summed E-state index contributed by atoms with van der Waals surface area (Å²) >= 11 is 0. The molecule has 106 valence electrons. The maximum Gasteiger partial charge on any atom is 0.275 e. The Kier molecular flexibility index (Phi) is 4.58. The van der Waals surface area contributed by atoms with E-state index >= 15 is 0 Å². The maximum atomic E-state index is 12.2. The number of rotatable bonds is 4. The van der Waals surface area contributed by atoms with Gasteiger partial charge in [-0.25, -0.2) is 0 Å². The summed E-state index contributed by atoms with van der Waals surface area (Å²) < 4.78 is 10.8. The van der Waals surface area contributed by atoms with Crippen molar-refractivity contribution in [1.29, 1.82) is 0 Å². The van der Waals surface area contributed by atoms with Crippen LogP contribution in [0.25, 0.3) is 0 Å². The van der Waals surface area contributed by atoms with Gasteiger partial charge in [0.2, 0.25) is 0 Å². The minimum atomic E-state index is -0.107. The molecule has 1 atom stereocenters. The Morgan fingerprint density at radius 1 is 1.53 bits per heavy atom. The number of ether oxygens (including phenoxy) is 1. The zero-order chi connectivity index (χ0) is 13.8. The van der Waals surface area contributed by atoms with E-state index in [-0.39, 0.29) is 17.9 Å². The standard InChI is InChI=1S/C14H22N2O3/c1-10(2)13-8-12(15-19-13)14(17)16(3)9-11-6-4-5-7-18-11/h8,10-11H,4-7,9H2,1-3H3. The van der Waals surface area contributed by atoms with E-state index in [1.807, 2.05) is 13.8 Å². The molecule has 1 aliphatic rings. The molecule has 1 aromatic rings. The molecular formula is C14H22N2O3. The molecule has 1 aromatic heterocycles. The highest BCUT2D eigenvalue weighted by Crippen LogP contribution is 2.17. The largest absolute Gasteiger partial charge is 0.376 e. The normalized spacial score (nSPS) is 19.7. The van der Waals surface area contributed by atoms with E-state index in [2.05, 4.69) is 5.16 Å². The summed E-state index contributed by atoms with van der Waals surface area (Å²) in [7, 11) is 1.78. The number of hydrogen-bond donors (Lipinski definition) is 0. The number of amides is 1. The molecule has 1 unspecified atom stereocenters. The molecule has 0 aromatic carbocycles. The highest BCUT2D eigenvalue weighted by Gasteiger charge is 2.22. The minimum absolute atomic E-state index is 0.107. The summed E-state index contributed by atoms with van der Waals surface area (Å²) in [5, 5.41) is 3.84. The van der Waals surface area contributed by atoms with Crippen molar-refractivity contribution >= 4 is 5.91 Å². The smallest absolute Gasteiger partial charge is 0.275 e. The van der Waals surface area contributed by atoms with Gasteiger partial charge in [0.05, 0.1) is 6.10 Å². The molecule has 5 heteroatoms. The Morgan fingerprint density at radius 3 is 2.89 bits per heavy atom. The van der Waals surface area contributed by atoms with E-state index in [4.69, 9.17) is 9.26 Å². The van der Waals surface area contributed by atoms with Crippen LogP contribution < -0.4 is 0 Å². The van der Waals surface area contributed by atoms with Crippen LogP contribution in [0.3, 0.4) is 0 Å². The summed E-state index contributed by atoms with van der Waals surface area (Å²) in [6.45, 7) is 5.43. The molecule has 1 fully saturated rings. The Hall–Kier alpha value is -1.36. The summed E-state index contributed by atoms with van der Waals surface area (Å²) in [6.07, 6.45) is 3.47. The molecule has 1 aliphatic heterocycles. The van der Waals surface area contributed by atoms with Crippen molar-refractivity contribution in [3.8, 4) is 0 Å². The lowest BCUT2D eigenvalue weighted by atomic mass is 10.1. The number of likely N-dealkylation sites (N-methyl/N-ethyl adjacent to an activating group) is 1. The highest BCUT2D eigenvalue weighted by atomic mass is 16.5. The first-order chi connectivity index (χ1) is 9.08. The average Bonchev–Trinajstić information content (AvgIpc) is 2.88. The molecule has 2 heterocycles. The fraction of sp³-hybridized carbons (Fsp3) is 0.714. The molecule has 0 saturated carbocycles. The predicted molar refractivity (Wildman–Crippen MR) is 71.1 cm³/mol. The van der Waals surface area contributed by atoms with Gasteiger partial charge in [-0.1, -0.05) is 19.0 Å². The lowest BCUT2D eigenvalue weighted by molar-refractivity contribution is -0.000359. The van der Waals surface area contributed by atoms with Crippen LogP contribution in [-0.4, -0.2) is 42.3 Å². The van der Waals surface area contributed by atoms with E-state index in [0.29, 0.717) is 12.2 Å². The molecule has 0 aliphatic carbocycles. The van der Waals surface area contributed by atoms with Gasteiger partial charge in [0.25, 0.3) is 5.91 Å². The van der Waals surface area contributed by atoms with Gasteiger partial charge in [-0.05, 0) is 19.3 Å². The maximum absolute atomic E-state index is 12.2. The van der Waals surface area contributed by atoms with Gasteiger partial charge < -0.3 is 14.2 Å². The molecule has 0 bridgehead atoms. The second-order valence-electron chi connectivity index (χ2n) is 5.44. The molecule has 5 nitrogen and oxygen atoms in total. The third-order valence-electron chi connectivity index (χ3n) is 3.41. The summed E-state index contributed by atoms with van der Waals surface area (Å²) in [6, 6.07) is 1.73. The third kappa shape index (κ3) is 3.56. The fourth-order valence-electron chi connectivity index (χ4n) is 2.20. The lowest BCUT2D eigenvalue weighted by Gasteiger charge is -2.26. The van der Waals surface area contributed by atoms with Crippen molar-refractivity contribution in [1.82, 2.24) is 10.1 Å². The van der Waals surface area contributed by atoms with Crippen LogP contribution in [0, 0.1) is 0 Å². The van der Waals surface area contributed by atoms with E-state index < -0.39 is 0 Å². The third-order valence-corrected chi connectivity index (χ3v) is 3.41. The first kappa shape index (κ1) is 14.1. The number of carbonyl (C=O) groups excluding carboxylic acids is 1. The van der Waals surface area contributed by atoms with Crippen LogP contribution in [-0.2, 0) is 4.74 Å². The monoisotopic (exact) mass is 266 g/mol. The van der Waals surface area contributed by atoms with Gasteiger partial charge in [0.1, 0.15) is 5.76 Å². The lowest BCUT2D eigenvalue weighted by Crippen LogP contribution is -2.37. The van der Waals surface area contributed by atoms with Gasteiger partial charge in [0, 0.05) is 32.2 Å². The zero-order valence-electron chi connectivity index (χ0n) is 11.9. The Bertz CT molecular complexity index is 422. The topological polar surface area (TPSA) is 55.6 Å². The van der Waals surface area contributed by atoms with Crippen LogP contribution >= 0.6 is 0 Å².